The van der Waals surface area contributed by atoms with Crippen molar-refractivity contribution in [3.05, 3.63) is 47.9 Å². The first-order valence-corrected chi connectivity index (χ1v) is 6.33. The molecule has 106 valence electrons. The smallest absolute Gasteiger partial charge is 0.268 e. The van der Waals surface area contributed by atoms with Gasteiger partial charge in [-0.3, -0.25) is 14.7 Å². The zero-order valence-corrected chi connectivity index (χ0v) is 11.0. The number of nitrogens with two attached hydrogens (primary N) is 1. The van der Waals surface area contributed by atoms with Crippen molar-refractivity contribution in [3.63, 3.8) is 0 Å². The number of para-hydroxylation sites is 1. The summed E-state index contributed by atoms with van der Waals surface area (Å²) in [5.41, 5.74) is 7.40. The van der Waals surface area contributed by atoms with E-state index in [-0.39, 0.29) is 23.7 Å². The van der Waals surface area contributed by atoms with Gasteiger partial charge in [0.05, 0.1) is 18.3 Å². The van der Waals surface area contributed by atoms with E-state index in [0.717, 1.165) is 16.5 Å². The Bertz CT molecular complexity index is 818. The molecule has 21 heavy (non-hydrogen) atoms. The molecule has 0 fully saturated rings. The van der Waals surface area contributed by atoms with Crippen LogP contribution in [0.1, 0.15) is 16.1 Å². The molecule has 0 radical (unpaired) electrons. The monoisotopic (exact) mass is 283 g/mol. The Kier molecular flexibility index (Phi) is 3.15. The van der Waals surface area contributed by atoms with Crippen molar-refractivity contribution in [1.29, 1.82) is 0 Å². The number of carbonyl (C=O) groups is 2. The van der Waals surface area contributed by atoms with Crippen molar-refractivity contribution < 1.29 is 9.59 Å². The third-order valence-corrected chi connectivity index (χ3v) is 3.19. The topological polar surface area (TPSA) is 117 Å². The van der Waals surface area contributed by atoms with E-state index in [4.69, 9.17) is 5.73 Å². The predicted molar refractivity (Wildman–Crippen MR) is 77.7 cm³/mol. The molecule has 0 aliphatic carbocycles. The third-order valence-electron chi connectivity index (χ3n) is 3.19. The molecular formula is C14H13N5O2. The van der Waals surface area contributed by atoms with E-state index >= 15 is 0 Å². The minimum absolute atomic E-state index is 0.0854. The standard InChI is InChI=1S/C14H13N5O2/c15-14(21)13-11(7-17-19-13)18-12(20)5-8-6-16-10-4-2-1-3-9(8)10/h1-4,6-7,16H,5H2,(H2,15,21)(H,17,19)(H,18,20). The molecule has 3 rings (SSSR count). The number of aromatic nitrogens is 3. The molecule has 3 aromatic rings. The Morgan fingerprint density at radius 3 is 2.90 bits per heavy atom. The van der Waals surface area contributed by atoms with Crippen LogP contribution in [0.5, 0.6) is 0 Å². The lowest BCUT2D eigenvalue weighted by atomic mass is 10.1. The van der Waals surface area contributed by atoms with Crippen LogP contribution in [0.25, 0.3) is 10.9 Å². The van der Waals surface area contributed by atoms with Crippen molar-refractivity contribution in [2.75, 3.05) is 5.32 Å². The van der Waals surface area contributed by atoms with Crippen LogP contribution in [-0.4, -0.2) is 27.0 Å². The average molecular weight is 283 g/mol. The molecular weight excluding hydrogens is 270 g/mol. The van der Waals surface area contributed by atoms with Crippen LogP contribution in [0.15, 0.2) is 36.7 Å². The van der Waals surface area contributed by atoms with Gasteiger partial charge in [-0.05, 0) is 11.6 Å². The molecule has 0 unspecified atom stereocenters. The lowest BCUT2D eigenvalue weighted by Gasteiger charge is -2.03. The van der Waals surface area contributed by atoms with Crippen LogP contribution in [0.2, 0.25) is 0 Å². The summed E-state index contributed by atoms with van der Waals surface area (Å²) in [7, 11) is 0. The number of benzene rings is 1. The molecule has 1 aromatic carbocycles. The van der Waals surface area contributed by atoms with Gasteiger partial charge in [0.15, 0.2) is 0 Å². The molecule has 0 bridgehead atoms. The fourth-order valence-corrected chi connectivity index (χ4v) is 2.21. The number of hydrogen-bond donors (Lipinski definition) is 4. The van der Waals surface area contributed by atoms with E-state index in [0.29, 0.717) is 0 Å². The quantitative estimate of drug-likeness (QED) is 0.575. The maximum absolute atomic E-state index is 12.1. The number of nitrogens with one attached hydrogen (secondary N) is 3. The van der Waals surface area contributed by atoms with E-state index in [1.54, 1.807) is 6.20 Å². The second-order valence-corrected chi connectivity index (χ2v) is 4.61. The number of primary amides is 1. The Balaban J connectivity index is 1.78. The van der Waals surface area contributed by atoms with Gasteiger partial charge in [-0.1, -0.05) is 18.2 Å². The number of anilines is 1. The van der Waals surface area contributed by atoms with Crippen LogP contribution < -0.4 is 11.1 Å². The molecule has 0 saturated heterocycles. The van der Waals surface area contributed by atoms with Crippen molar-refractivity contribution in [1.82, 2.24) is 15.2 Å². The van der Waals surface area contributed by atoms with Crippen LogP contribution in [-0.2, 0) is 11.2 Å². The Hall–Kier alpha value is -3.09. The third kappa shape index (κ3) is 2.48. The zero-order chi connectivity index (χ0) is 14.8. The second-order valence-electron chi connectivity index (χ2n) is 4.61. The number of carbonyl (C=O) groups excluding carboxylic acids is 2. The molecule has 7 nitrogen and oxygen atoms in total. The van der Waals surface area contributed by atoms with E-state index < -0.39 is 5.91 Å². The fourth-order valence-electron chi connectivity index (χ4n) is 2.21. The van der Waals surface area contributed by atoms with Crippen LogP contribution >= 0.6 is 0 Å². The number of hydrogen-bond acceptors (Lipinski definition) is 3. The minimum Gasteiger partial charge on any atom is -0.364 e. The predicted octanol–water partition coefficient (Wildman–Crippen LogP) is 1.17. The van der Waals surface area contributed by atoms with Gasteiger partial charge in [0, 0.05) is 17.1 Å². The van der Waals surface area contributed by atoms with Gasteiger partial charge < -0.3 is 16.0 Å². The second kappa shape index (κ2) is 5.12. The lowest BCUT2D eigenvalue weighted by Crippen LogP contribution is -2.18. The SMILES string of the molecule is NC(=O)c1[nH]ncc1NC(=O)Cc1c[nH]c2ccccc12. The number of fused-ring (bicyclic) bond motifs is 1. The zero-order valence-electron chi connectivity index (χ0n) is 11.0. The first kappa shape index (κ1) is 12.9. The van der Waals surface area contributed by atoms with Gasteiger partial charge in [0.25, 0.3) is 5.91 Å². The summed E-state index contributed by atoms with van der Waals surface area (Å²) in [6.07, 6.45) is 3.34. The Morgan fingerprint density at radius 1 is 1.29 bits per heavy atom. The summed E-state index contributed by atoms with van der Waals surface area (Å²) in [4.78, 5) is 26.3. The number of H-pyrrole nitrogens is 2. The number of rotatable bonds is 4. The van der Waals surface area contributed by atoms with Crippen molar-refractivity contribution in [2.45, 2.75) is 6.42 Å². The van der Waals surface area contributed by atoms with Gasteiger partial charge in [-0.25, -0.2) is 0 Å². The first-order chi connectivity index (χ1) is 10.1. The van der Waals surface area contributed by atoms with Crippen LogP contribution in [0.3, 0.4) is 0 Å². The highest BCUT2D eigenvalue weighted by Crippen LogP contribution is 2.19. The van der Waals surface area contributed by atoms with Crippen molar-refractivity contribution in [3.8, 4) is 0 Å². The van der Waals surface area contributed by atoms with E-state index in [9.17, 15) is 9.59 Å². The van der Waals surface area contributed by atoms with Crippen molar-refractivity contribution in [2.24, 2.45) is 5.73 Å². The first-order valence-electron chi connectivity index (χ1n) is 6.33. The fraction of sp³-hybridized carbons (Fsp3) is 0.0714. The van der Waals surface area contributed by atoms with E-state index in [1.807, 2.05) is 24.3 Å². The summed E-state index contributed by atoms with van der Waals surface area (Å²) >= 11 is 0. The highest BCUT2D eigenvalue weighted by Gasteiger charge is 2.14. The van der Waals surface area contributed by atoms with Gasteiger partial charge in [-0.15, -0.1) is 0 Å². The molecule has 0 aliphatic rings. The lowest BCUT2D eigenvalue weighted by molar-refractivity contribution is -0.115. The molecule has 2 aromatic heterocycles. The normalized spacial score (nSPS) is 10.7. The van der Waals surface area contributed by atoms with Crippen molar-refractivity contribution >= 4 is 28.4 Å². The molecule has 0 atom stereocenters. The number of nitrogens with zero attached hydrogens (tertiary/aromatic N) is 1. The van der Waals surface area contributed by atoms with E-state index in [2.05, 4.69) is 20.5 Å². The summed E-state index contributed by atoms with van der Waals surface area (Å²) in [5.74, 6) is -0.918. The van der Waals surface area contributed by atoms with Gasteiger partial charge in [0.1, 0.15) is 5.69 Å². The Labute approximate surface area is 119 Å². The number of aromatic amines is 2. The van der Waals surface area contributed by atoms with Gasteiger partial charge >= 0.3 is 0 Å². The highest BCUT2D eigenvalue weighted by atomic mass is 16.2. The largest absolute Gasteiger partial charge is 0.364 e. The summed E-state index contributed by atoms with van der Waals surface area (Å²) in [6.45, 7) is 0. The average Bonchev–Trinajstić information content (AvgIpc) is 3.06. The maximum Gasteiger partial charge on any atom is 0.268 e. The molecule has 7 heteroatoms. The van der Waals surface area contributed by atoms with E-state index in [1.165, 1.54) is 6.20 Å². The number of amides is 2. The molecule has 2 heterocycles. The minimum atomic E-state index is -0.671. The molecule has 0 aliphatic heterocycles. The summed E-state index contributed by atoms with van der Waals surface area (Å²) < 4.78 is 0. The molecule has 5 N–H and O–H groups in total. The van der Waals surface area contributed by atoms with Gasteiger partial charge in [0.2, 0.25) is 5.91 Å². The van der Waals surface area contributed by atoms with Gasteiger partial charge in [-0.2, -0.15) is 5.10 Å². The highest BCUT2D eigenvalue weighted by molar-refractivity contribution is 6.02. The van der Waals surface area contributed by atoms with Crippen LogP contribution in [0.4, 0.5) is 5.69 Å². The molecule has 0 spiro atoms. The molecule has 2 amide bonds. The Morgan fingerprint density at radius 2 is 2.10 bits per heavy atom. The maximum atomic E-state index is 12.1. The summed E-state index contributed by atoms with van der Waals surface area (Å²) in [6, 6.07) is 7.73. The van der Waals surface area contributed by atoms with Crippen LogP contribution in [0, 0.1) is 0 Å². The molecule has 0 saturated carbocycles. The summed E-state index contributed by atoms with van der Waals surface area (Å²) in [5, 5.41) is 9.77.